The first-order valence-electron chi connectivity index (χ1n) is 7.95. The van der Waals surface area contributed by atoms with E-state index in [9.17, 15) is 0 Å². The molecule has 0 radical (unpaired) electrons. The van der Waals surface area contributed by atoms with Gasteiger partial charge in [0.05, 0.1) is 19.2 Å². The second-order valence-corrected chi connectivity index (χ2v) is 5.98. The Morgan fingerprint density at radius 1 is 1.25 bits per heavy atom. The highest BCUT2D eigenvalue weighted by molar-refractivity contribution is 5.69. The van der Waals surface area contributed by atoms with Crippen molar-refractivity contribution in [1.82, 2.24) is 24.3 Å². The molecule has 3 heterocycles. The quantitative estimate of drug-likeness (QED) is 0.741. The number of benzene rings is 1. The summed E-state index contributed by atoms with van der Waals surface area (Å²) < 4.78 is 15.1. The number of ether oxygens (including phenoxy) is 2. The fourth-order valence-electron chi connectivity index (χ4n) is 2.91. The Morgan fingerprint density at radius 2 is 2.12 bits per heavy atom. The molecule has 1 aliphatic rings. The minimum absolute atomic E-state index is 0.226. The van der Waals surface area contributed by atoms with E-state index in [-0.39, 0.29) is 6.04 Å². The summed E-state index contributed by atoms with van der Waals surface area (Å²) in [5, 5.41) is 4.30. The van der Waals surface area contributed by atoms with Crippen LogP contribution in [0.2, 0.25) is 0 Å². The summed E-state index contributed by atoms with van der Waals surface area (Å²) in [6.07, 6.45) is 3.59. The van der Waals surface area contributed by atoms with Crippen molar-refractivity contribution in [2.24, 2.45) is 0 Å². The van der Waals surface area contributed by atoms with Crippen LogP contribution in [0.4, 0.5) is 0 Å². The van der Waals surface area contributed by atoms with Gasteiger partial charge in [-0.25, -0.2) is 14.6 Å². The zero-order valence-corrected chi connectivity index (χ0v) is 13.9. The van der Waals surface area contributed by atoms with Crippen LogP contribution in [0, 0.1) is 0 Å². The van der Waals surface area contributed by atoms with E-state index in [0.717, 1.165) is 40.9 Å². The summed E-state index contributed by atoms with van der Waals surface area (Å²) in [5.41, 5.74) is 1.77. The summed E-state index contributed by atoms with van der Waals surface area (Å²) in [7, 11) is 1.65. The molecule has 0 atom stereocenters. The number of aromatic nitrogens is 5. The van der Waals surface area contributed by atoms with Gasteiger partial charge < -0.3 is 14.0 Å². The van der Waals surface area contributed by atoms with E-state index < -0.39 is 0 Å². The van der Waals surface area contributed by atoms with Gasteiger partial charge in [-0.05, 0) is 26.0 Å². The van der Waals surface area contributed by atoms with Gasteiger partial charge in [0.15, 0.2) is 5.82 Å². The van der Waals surface area contributed by atoms with E-state index in [1.54, 1.807) is 13.4 Å². The number of fused-ring (bicyclic) bond motifs is 3. The molecule has 0 saturated carbocycles. The molecule has 24 heavy (non-hydrogen) atoms. The number of methoxy groups -OCH3 is 1. The van der Waals surface area contributed by atoms with Crippen molar-refractivity contribution in [1.29, 1.82) is 0 Å². The molecule has 7 heteroatoms. The molecule has 1 aliphatic heterocycles. The monoisotopic (exact) mass is 325 g/mol. The number of imidazole rings is 1. The predicted octanol–water partition coefficient (Wildman–Crippen LogP) is 2.79. The minimum Gasteiger partial charge on any atom is -0.497 e. The van der Waals surface area contributed by atoms with Crippen LogP contribution in [0.1, 0.15) is 19.9 Å². The fourth-order valence-corrected chi connectivity index (χ4v) is 2.91. The zero-order valence-electron chi connectivity index (χ0n) is 13.9. The van der Waals surface area contributed by atoms with Crippen molar-refractivity contribution < 1.29 is 9.47 Å². The largest absolute Gasteiger partial charge is 0.497 e. The van der Waals surface area contributed by atoms with E-state index in [0.29, 0.717) is 6.61 Å². The molecule has 4 rings (SSSR count). The van der Waals surface area contributed by atoms with E-state index in [4.69, 9.17) is 14.5 Å². The average molecular weight is 325 g/mol. The normalized spacial score (nSPS) is 13.2. The van der Waals surface area contributed by atoms with Crippen LogP contribution in [0.25, 0.3) is 22.9 Å². The summed E-state index contributed by atoms with van der Waals surface area (Å²) in [5.74, 6) is 3.21. The van der Waals surface area contributed by atoms with Crippen LogP contribution in [-0.4, -0.2) is 38.0 Å². The third-order valence-corrected chi connectivity index (χ3v) is 4.09. The molecular formula is C17H19N5O2. The van der Waals surface area contributed by atoms with Gasteiger partial charge in [-0.3, -0.25) is 0 Å². The van der Waals surface area contributed by atoms with Crippen molar-refractivity contribution >= 4 is 0 Å². The Kier molecular flexibility index (Phi) is 3.48. The summed E-state index contributed by atoms with van der Waals surface area (Å²) >= 11 is 0. The Labute approximate surface area is 139 Å². The minimum atomic E-state index is 0.226. The van der Waals surface area contributed by atoms with Crippen LogP contribution < -0.4 is 9.47 Å². The molecule has 0 N–H and O–H groups in total. The Hall–Kier alpha value is -2.83. The molecule has 0 spiro atoms. The molecule has 124 valence electrons. The van der Waals surface area contributed by atoms with Crippen molar-refractivity contribution in [3.63, 3.8) is 0 Å². The number of hydrogen-bond donors (Lipinski definition) is 0. The lowest BCUT2D eigenvalue weighted by Crippen LogP contribution is -2.06. The molecule has 0 aliphatic carbocycles. The number of rotatable bonds is 3. The Morgan fingerprint density at radius 3 is 2.92 bits per heavy atom. The first-order valence-corrected chi connectivity index (χ1v) is 7.95. The second-order valence-electron chi connectivity index (χ2n) is 5.98. The zero-order chi connectivity index (χ0) is 16.7. The molecule has 0 fully saturated rings. The van der Waals surface area contributed by atoms with Gasteiger partial charge >= 0.3 is 0 Å². The van der Waals surface area contributed by atoms with E-state index in [1.807, 2.05) is 29.1 Å². The van der Waals surface area contributed by atoms with E-state index in [1.165, 1.54) is 0 Å². The van der Waals surface area contributed by atoms with Gasteiger partial charge in [-0.15, -0.1) is 0 Å². The van der Waals surface area contributed by atoms with E-state index in [2.05, 4.69) is 28.5 Å². The lowest BCUT2D eigenvalue weighted by Gasteiger charge is -2.08. The van der Waals surface area contributed by atoms with Crippen LogP contribution >= 0.6 is 0 Å². The van der Waals surface area contributed by atoms with Gasteiger partial charge in [0, 0.05) is 18.3 Å². The topological polar surface area (TPSA) is 67.0 Å². The molecule has 0 unspecified atom stereocenters. The van der Waals surface area contributed by atoms with Crippen LogP contribution in [-0.2, 0) is 6.54 Å². The highest BCUT2D eigenvalue weighted by Crippen LogP contribution is 2.36. The average Bonchev–Trinajstić information content (AvgIpc) is 3.18. The lowest BCUT2D eigenvalue weighted by molar-refractivity contribution is 0.304. The first kappa shape index (κ1) is 14.7. The number of nitrogens with zero attached hydrogens (tertiary/aromatic N) is 5. The Balaban J connectivity index is 1.83. The van der Waals surface area contributed by atoms with Crippen molar-refractivity contribution in [3.8, 4) is 34.4 Å². The summed E-state index contributed by atoms with van der Waals surface area (Å²) in [6, 6.07) is 6.03. The van der Waals surface area contributed by atoms with Gasteiger partial charge in [-0.1, -0.05) is 0 Å². The van der Waals surface area contributed by atoms with Crippen LogP contribution in [0.15, 0.2) is 30.7 Å². The van der Waals surface area contributed by atoms with Gasteiger partial charge in [0.2, 0.25) is 0 Å². The molecular weight excluding hydrogens is 306 g/mol. The molecule has 0 bridgehead atoms. The molecule has 0 saturated heterocycles. The van der Waals surface area contributed by atoms with Gasteiger partial charge in [0.1, 0.15) is 36.0 Å². The third kappa shape index (κ3) is 2.33. The molecule has 2 aromatic heterocycles. The van der Waals surface area contributed by atoms with Gasteiger partial charge in [0.25, 0.3) is 0 Å². The summed E-state index contributed by atoms with van der Waals surface area (Å²) in [4.78, 5) is 9.19. The summed E-state index contributed by atoms with van der Waals surface area (Å²) in [6.45, 7) is 5.47. The van der Waals surface area contributed by atoms with Crippen LogP contribution in [0.3, 0.4) is 0 Å². The van der Waals surface area contributed by atoms with Gasteiger partial charge in [-0.2, -0.15) is 5.10 Å². The number of hydrogen-bond acceptors (Lipinski definition) is 5. The van der Waals surface area contributed by atoms with Crippen molar-refractivity contribution in [2.75, 3.05) is 13.7 Å². The van der Waals surface area contributed by atoms with Crippen LogP contribution in [0.5, 0.6) is 11.5 Å². The lowest BCUT2D eigenvalue weighted by atomic mass is 10.2. The fraction of sp³-hybridized carbons (Fsp3) is 0.353. The highest BCUT2D eigenvalue weighted by Gasteiger charge is 2.21. The van der Waals surface area contributed by atoms with E-state index >= 15 is 0 Å². The molecule has 7 nitrogen and oxygen atoms in total. The Bertz CT molecular complexity index is 881. The highest BCUT2D eigenvalue weighted by atomic mass is 16.5. The third-order valence-electron chi connectivity index (χ3n) is 4.09. The smallest absolute Gasteiger partial charge is 0.178 e. The maximum atomic E-state index is 5.85. The molecule has 3 aromatic rings. The molecule has 1 aromatic carbocycles. The van der Waals surface area contributed by atoms with Crippen molar-refractivity contribution in [3.05, 3.63) is 30.7 Å². The maximum Gasteiger partial charge on any atom is 0.178 e. The molecule has 0 amide bonds. The van der Waals surface area contributed by atoms with Crippen molar-refractivity contribution in [2.45, 2.75) is 26.4 Å². The second kappa shape index (κ2) is 5.67. The SMILES string of the molecule is COc1ccc2c(c1)OCCn1cc(-c3ncnn3C(C)C)nc1-2. The standard InChI is InChI=1S/C17H19N5O2/c1-11(2)22-17(18-10-19-22)14-9-21-6-7-24-15-8-12(23-3)4-5-13(15)16(21)20-14/h4-5,8-11H,6-7H2,1-3H3. The predicted molar refractivity (Wildman–Crippen MR) is 89.1 cm³/mol. The first-order chi connectivity index (χ1) is 11.7. The maximum absolute atomic E-state index is 5.85.